The molecule has 0 heterocycles. The summed E-state index contributed by atoms with van der Waals surface area (Å²) in [4.78, 5) is 0. The summed E-state index contributed by atoms with van der Waals surface area (Å²) in [6.07, 6.45) is 1.84. The molecule has 0 saturated carbocycles. The van der Waals surface area contributed by atoms with Crippen molar-refractivity contribution in [1.29, 1.82) is 0 Å². The van der Waals surface area contributed by atoms with E-state index < -0.39 is 0 Å². The first kappa shape index (κ1) is 9.52. The van der Waals surface area contributed by atoms with Crippen LogP contribution >= 0.6 is 0 Å². The van der Waals surface area contributed by atoms with Crippen LogP contribution < -0.4 is 0 Å². The van der Waals surface area contributed by atoms with E-state index in [-0.39, 0.29) is 0 Å². The molecule has 1 aromatic rings. The van der Waals surface area contributed by atoms with Crippen LogP contribution in [0.3, 0.4) is 0 Å². The van der Waals surface area contributed by atoms with Crippen LogP contribution in [0.5, 0.6) is 0 Å². The molecule has 0 unspecified atom stereocenters. The highest BCUT2D eigenvalue weighted by molar-refractivity contribution is 5.98. The van der Waals surface area contributed by atoms with Crippen LogP contribution in [-0.2, 0) is 0 Å². The molecule has 0 aliphatic rings. The Balaban J connectivity index is 2.92. The standard InChI is InChI=1S/C11H13NO/c1-9(8-10(2)12-13)11-6-4-3-5-7-11/h3-8,13H,1-2H3. The fourth-order valence-electron chi connectivity index (χ4n) is 1.13. The monoisotopic (exact) mass is 175 g/mol. The molecule has 13 heavy (non-hydrogen) atoms. The van der Waals surface area contributed by atoms with Gasteiger partial charge < -0.3 is 5.21 Å². The van der Waals surface area contributed by atoms with Crippen molar-refractivity contribution >= 4 is 11.3 Å². The van der Waals surface area contributed by atoms with Gasteiger partial charge in [0.25, 0.3) is 0 Å². The Bertz CT molecular complexity index is 325. The molecule has 2 heteroatoms. The number of benzene rings is 1. The summed E-state index contributed by atoms with van der Waals surface area (Å²) in [5.74, 6) is 0. The number of hydrogen-bond donors (Lipinski definition) is 1. The normalized spacial score (nSPS) is 13.1. The lowest BCUT2D eigenvalue weighted by molar-refractivity contribution is 0.319. The smallest absolute Gasteiger partial charge is 0.0767 e. The highest BCUT2D eigenvalue weighted by atomic mass is 16.4. The summed E-state index contributed by atoms with van der Waals surface area (Å²) >= 11 is 0. The average molecular weight is 175 g/mol. The third kappa shape index (κ3) is 2.75. The summed E-state index contributed by atoms with van der Waals surface area (Å²) in [7, 11) is 0. The number of allylic oxidation sites excluding steroid dienone is 2. The second-order valence-electron chi connectivity index (χ2n) is 2.93. The second kappa shape index (κ2) is 4.45. The minimum atomic E-state index is 0.612. The van der Waals surface area contributed by atoms with E-state index >= 15 is 0 Å². The molecule has 0 amide bonds. The van der Waals surface area contributed by atoms with E-state index in [2.05, 4.69) is 5.16 Å². The lowest BCUT2D eigenvalue weighted by atomic mass is 10.1. The Morgan fingerprint density at radius 3 is 2.38 bits per heavy atom. The van der Waals surface area contributed by atoms with E-state index in [0.29, 0.717) is 5.71 Å². The lowest BCUT2D eigenvalue weighted by Gasteiger charge is -1.99. The van der Waals surface area contributed by atoms with Crippen molar-refractivity contribution < 1.29 is 5.21 Å². The fraction of sp³-hybridized carbons (Fsp3) is 0.182. The van der Waals surface area contributed by atoms with Gasteiger partial charge in [-0.15, -0.1) is 0 Å². The van der Waals surface area contributed by atoms with Gasteiger partial charge in [-0.2, -0.15) is 0 Å². The zero-order chi connectivity index (χ0) is 9.68. The van der Waals surface area contributed by atoms with Crippen molar-refractivity contribution in [1.82, 2.24) is 0 Å². The van der Waals surface area contributed by atoms with Crippen LogP contribution in [0.4, 0.5) is 0 Å². The minimum Gasteiger partial charge on any atom is -0.411 e. The molecule has 0 fully saturated rings. The molecule has 0 aliphatic carbocycles. The Kier molecular flexibility index (Phi) is 3.26. The van der Waals surface area contributed by atoms with Gasteiger partial charge in [0.2, 0.25) is 0 Å². The lowest BCUT2D eigenvalue weighted by Crippen LogP contribution is -1.87. The summed E-state index contributed by atoms with van der Waals surface area (Å²) in [5, 5.41) is 11.6. The van der Waals surface area contributed by atoms with Gasteiger partial charge in [0.1, 0.15) is 0 Å². The summed E-state index contributed by atoms with van der Waals surface area (Å²) in [6.45, 7) is 3.75. The predicted octanol–water partition coefficient (Wildman–Crippen LogP) is 2.94. The van der Waals surface area contributed by atoms with E-state index in [9.17, 15) is 0 Å². The number of oxime groups is 1. The van der Waals surface area contributed by atoms with E-state index in [4.69, 9.17) is 5.21 Å². The zero-order valence-electron chi connectivity index (χ0n) is 7.86. The molecule has 0 bridgehead atoms. The van der Waals surface area contributed by atoms with Crippen LogP contribution in [0.25, 0.3) is 5.57 Å². The number of hydrogen-bond acceptors (Lipinski definition) is 2. The maximum Gasteiger partial charge on any atom is 0.0767 e. The molecule has 0 aliphatic heterocycles. The van der Waals surface area contributed by atoms with Crippen molar-refractivity contribution in [2.45, 2.75) is 13.8 Å². The van der Waals surface area contributed by atoms with Gasteiger partial charge in [-0.05, 0) is 31.1 Å². The maximum absolute atomic E-state index is 8.47. The van der Waals surface area contributed by atoms with Crippen LogP contribution in [-0.4, -0.2) is 10.9 Å². The van der Waals surface area contributed by atoms with Crippen molar-refractivity contribution in [2.75, 3.05) is 0 Å². The zero-order valence-corrected chi connectivity index (χ0v) is 7.86. The van der Waals surface area contributed by atoms with Crippen molar-refractivity contribution in [3.05, 3.63) is 42.0 Å². The molecule has 0 saturated heterocycles. The molecule has 0 atom stereocenters. The van der Waals surface area contributed by atoms with E-state index in [1.54, 1.807) is 6.92 Å². The number of nitrogens with zero attached hydrogens (tertiary/aromatic N) is 1. The maximum atomic E-state index is 8.47. The molecule has 0 radical (unpaired) electrons. The van der Waals surface area contributed by atoms with Gasteiger partial charge in [-0.1, -0.05) is 35.5 Å². The van der Waals surface area contributed by atoms with Crippen molar-refractivity contribution in [3.8, 4) is 0 Å². The minimum absolute atomic E-state index is 0.612. The van der Waals surface area contributed by atoms with Crippen LogP contribution in [0.2, 0.25) is 0 Å². The summed E-state index contributed by atoms with van der Waals surface area (Å²) < 4.78 is 0. The highest BCUT2D eigenvalue weighted by Gasteiger charge is 1.94. The van der Waals surface area contributed by atoms with Gasteiger partial charge in [0, 0.05) is 0 Å². The second-order valence-corrected chi connectivity index (χ2v) is 2.93. The summed E-state index contributed by atoms with van der Waals surface area (Å²) in [6, 6.07) is 9.99. The molecule has 2 nitrogen and oxygen atoms in total. The molecular formula is C11H13NO. The fourth-order valence-corrected chi connectivity index (χ4v) is 1.13. The summed E-state index contributed by atoms with van der Waals surface area (Å²) in [5.41, 5.74) is 2.85. The first-order valence-corrected chi connectivity index (χ1v) is 4.16. The van der Waals surface area contributed by atoms with Crippen LogP contribution in [0.1, 0.15) is 19.4 Å². The van der Waals surface area contributed by atoms with E-state index in [1.807, 2.05) is 43.3 Å². The van der Waals surface area contributed by atoms with Crippen molar-refractivity contribution in [3.63, 3.8) is 0 Å². The van der Waals surface area contributed by atoms with E-state index in [0.717, 1.165) is 11.1 Å². The first-order chi connectivity index (χ1) is 6.24. The molecular weight excluding hydrogens is 162 g/mol. The quantitative estimate of drug-likeness (QED) is 0.418. The first-order valence-electron chi connectivity index (χ1n) is 4.16. The number of rotatable bonds is 2. The van der Waals surface area contributed by atoms with Gasteiger partial charge in [0.05, 0.1) is 5.71 Å². The van der Waals surface area contributed by atoms with Gasteiger partial charge >= 0.3 is 0 Å². The molecule has 1 N–H and O–H groups in total. The third-order valence-corrected chi connectivity index (χ3v) is 1.81. The SMILES string of the molecule is CC(=CC(C)=NO)c1ccccc1. The van der Waals surface area contributed by atoms with Gasteiger partial charge in [-0.25, -0.2) is 0 Å². The Hall–Kier alpha value is -1.57. The van der Waals surface area contributed by atoms with Crippen LogP contribution in [0, 0.1) is 0 Å². The molecule has 68 valence electrons. The average Bonchev–Trinajstić information content (AvgIpc) is 2.19. The highest BCUT2D eigenvalue weighted by Crippen LogP contribution is 2.12. The van der Waals surface area contributed by atoms with E-state index in [1.165, 1.54) is 0 Å². The molecule has 0 spiro atoms. The van der Waals surface area contributed by atoms with Gasteiger partial charge in [-0.3, -0.25) is 0 Å². The molecule has 1 aromatic carbocycles. The van der Waals surface area contributed by atoms with Crippen molar-refractivity contribution in [2.24, 2.45) is 5.16 Å². The molecule has 1 rings (SSSR count). The van der Waals surface area contributed by atoms with Crippen LogP contribution in [0.15, 0.2) is 41.6 Å². The third-order valence-electron chi connectivity index (χ3n) is 1.81. The van der Waals surface area contributed by atoms with Gasteiger partial charge in [0.15, 0.2) is 0 Å². The predicted molar refractivity (Wildman–Crippen MR) is 55.0 cm³/mol. The topological polar surface area (TPSA) is 32.6 Å². The Morgan fingerprint density at radius 2 is 1.85 bits per heavy atom. The Labute approximate surface area is 78.2 Å². The molecule has 0 aromatic heterocycles. The largest absolute Gasteiger partial charge is 0.411 e. The Morgan fingerprint density at radius 1 is 1.23 bits per heavy atom.